The highest BCUT2D eigenvalue weighted by molar-refractivity contribution is 7.27. The van der Waals surface area contributed by atoms with Gasteiger partial charge in [-0.15, -0.1) is 15.0 Å². The normalized spacial score (nSPS) is 12.5. The van der Waals surface area contributed by atoms with Crippen molar-refractivity contribution in [1.82, 2.24) is 14.9 Å². The molecule has 2 aromatic rings. The van der Waals surface area contributed by atoms with Crippen LogP contribution in [0.1, 0.15) is 49.8 Å². The Morgan fingerprint density at radius 2 is 2.00 bits per heavy atom. The smallest absolute Gasteiger partial charge is 0.207 e. The molecule has 6 heteroatoms. The van der Waals surface area contributed by atoms with E-state index in [1.807, 2.05) is 73.7 Å². The molecule has 0 saturated heterocycles. The molecule has 200 valence electrons. The van der Waals surface area contributed by atoms with Gasteiger partial charge >= 0.3 is 0 Å². The predicted molar refractivity (Wildman–Crippen MR) is 165 cm³/mol. The van der Waals surface area contributed by atoms with Crippen LogP contribution in [0.15, 0.2) is 91.3 Å². The molecule has 1 amide bonds. The van der Waals surface area contributed by atoms with E-state index in [4.69, 9.17) is 9.72 Å². The monoisotopic (exact) mass is 529 g/mol. The molecule has 1 heterocycles. The SMILES string of the molecule is C=C/C(=C\C=C/C)c1nc(C)n(CCCCCCNC=O)c1C1=CC=CC=C=C1.COc1ccccc1P. The summed E-state index contributed by atoms with van der Waals surface area (Å²) in [7, 11) is 4.28. The molecule has 1 atom stereocenters. The molecular weight excluding hydrogens is 489 g/mol. The maximum Gasteiger partial charge on any atom is 0.207 e. The zero-order valence-electron chi connectivity index (χ0n) is 22.8. The van der Waals surface area contributed by atoms with Gasteiger partial charge in [0.15, 0.2) is 0 Å². The van der Waals surface area contributed by atoms with Crippen molar-refractivity contribution in [2.45, 2.75) is 46.1 Å². The number of unbranched alkanes of at least 4 members (excludes halogenated alkanes) is 3. The lowest BCUT2D eigenvalue weighted by Crippen LogP contribution is -2.11. The lowest BCUT2D eigenvalue weighted by atomic mass is 10.0. The van der Waals surface area contributed by atoms with E-state index in [0.717, 1.165) is 84.6 Å². The Kier molecular flexibility index (Phi) is 14.3. The van der Waals surface area contributed by atoms with Crippen LogP contribution in [0.5, 0.6) is 5.75 Å². The fourth-order valence-corrected chi connectivity index (χ4v) is 4.28. The van der Waals surface area contributed by atoms with Crippen molar-refractivity contribution in [2.24, 2.45) is 0 Å². The van der Waals surface area contributed by atoms with Gasteiger partial charge in [-0.25, -0.2) is 4.98 Å². The van der Waals surface area contributed by atoms with Gasteiger partial charge in [0.05, 0.1) is 18.5 Å². The van der Waals surface area contributed by atoms with E-state index in [0.29, 0.717) is 0 Å². The number of carbonyl (C=O) groups is 1. The number of hydrogen-bond acceptors (Lipinski definition) is 3. The number of hydrogen-bond donors (Lipinski definition) is 1. The Balaban J connectivity index is 0.000000474. The van der Waals surface area contributed by atoms with Crippen LogP contribution in [0, 0.1) is 6.92 Å². The number of rotatable bonds is 13. The summed E-state index contributed by atoms with van der Waals surface area (Å²) in [5.41, 5.74) is 7.37. The highest BCUT2D eigenvalue weighted by Crippen LogP contribution is 2.29. The number of aryl methyl sites for hydroxylation is 1. The number of para-hydroxylation sites is 1. The largest absolute Gasteiger partial charge is 0.496 e. The third-order valence-corrected chi connectivity index (χ3v) is 6.36. The summed E-state index contributed by atoms with van der Waals surface area (Å²) in [6, 6.07) is 7.85. The Hall–Kier alpha value is -3.65. The summed E-state index contributed by atoms with van der Waals surface area (Å²) >= 11 is 0. The van der Waals surface area contributed by atoms with Crippen LogP contribution in [-0.4, -0.2) is 29.6 Å². The van der Waals surface area contributed by atoms with Crippen molar-refractivity contribution in [2.75, 3.05) is 13.7 Å². The number of benzene rings is 1. The lowest BCUT2D eigenvalue weighted by Gasteiger charge is -2.12. The van der Waals surface area contributed by atoms with Crippen LogP contribution in [-0.2, 0) is 11.3 Å². The molecule has 0 spiro atoms. The molecular formula is C32H40N3O2P. The van der Waals surface area contributed by atoms with E-state index >= 15 is 0 Å². The fraction of sp³-hybridized carbons (Fsp3) is 0.281. The molecule has 1 aromatic heterocycles. The van der Waals surface area contributed by atoms with E-state index in [1.165, 1.54) is 0 Å². The summed E-state index contributed by atoms with van der Waals surface area (Å²) in [5, 5.41) is 3.82. The minimum Gasteiger partial charge on any atom is -0.496 e. The number of allylic oxidation sites excluding steroid dienone is 10. The number of nitrogens with one attached hydrogen (secondary N) is 1. The third-order valence-electron chi connectivity index (χ3n) is 5.89. The maximum atomic E-state index is 10.3. The molecule has 3 rings (SSSR count). The molecule has 0 fully saturated rings. The van der Waals surface area contributed by atoms with Gasteiger partial charge in [-0.05, 0) is 44.9 Å². The molecule has 5 nitrogen and oxygen atoms in total. The first-order chi connectivity index (χ1) is 18.6. The van der Waals surface area contributed by atoms with E-state index in [9.17, 15) is 4.79 Å². The van der Waals surface area contributed by atoms with Crippen LogP contribution >= 0.6 is 9.24 Å². The second-order valence-corrected chi connectivity index (χ2v) is 9.19. The van der Waals surface area contributed by atoms with Gasteiger partial charge in [0, 0.05) is 29.5 Å². The van der Waals surface area contributed by atoms with E-state index in [1.54, 1.807) is 7.11 Å². The summed E-state index contributed by atoms with van der Waals surface area (Å²) in [4.78, 5) is 15.2. The Labute approximate surface area is 230 Å². The van der Waals surface area contributed by atoms with Crippen LogP contribution in [0.2, 0.25) is 0 Å². The highest BCUT2D eigenvalue weighted by atomic mass is 31.0. The molecule has 1 aromatic carbocycles. The minimum atomic E-state index is 0.748. The second-order valence-electron chi connectivity index (χ2n) is 8.57. The van der Waals surface area contributed by atoms with Crippen LogP contribution in [0.4, 0.5) is 0 Å². The first-order valence-electron chi connectivity index (χ1n) is 13.0. The number of aromatic nitrogens is 2. The van der Waals surface area contributed by atoms with Gasteiger partial charge in [-0.3, -0.25) is 4.79 Å². The Bertz CT molecular complexity index is 1240. The topological polar surface area (TPSA) is 56.2 Å². The van der Waals surface area contributed by atoms with Gasteiger partial charge in [0.1, 0.15) is 11.6 Å². The zero-order valence-corrected chi connectivity index (χ0v) is 24.0. The van der Waals surface area contributed by atoms with Crippen molar-refractivity contribution < 1.29 is 9.53 Å². The third kappa shape index (κ3) is 9.67. The van der Waals surface area contributed by atoms with Crippen LogP contribution in [0.3, 0.4) is 0 Å². The van der Waals surface area contributed by atoms with E-state index in [-0.39, 0.29) is 0 Å². The van der Waals surface area contributed by atoms with Gasteiger partial charge in [-0.2, -0.15) is 0 Å². The Morgan fingerprint density at radius 1 is 1.21 bits per heavy atom. The van der Waals surface area contributed by atoms with Gasteiger partial charge in [0.2, 0.25) is 6.41 Å². The molecule has 0 saturated carbocycles. The lowest BCUT2D eigenvalue weighted by molar-refractivity contribution is -0.109. The van der Waals surface area contributed by atoms with Crippen molar-refractivity contribution >= 4 is 32.1 Å². The van der Waals surface area contributed by atoms with Crippen LogP contribution in [0.25, 0.3) is 11.1 Å². The number of ether oxygens (including phenoxy) is 1. The molecule has 0 aliphatic heterocycles. The maximum absolute atomic E-state index is 10.3. The van der Waals surface area contributed by atoms with Gasteiger partial charge < -0.3 is 14.6 Å². The molecule has 0 bridgehead atoms. The summed E-state index contributed by atoms with van der Waals surface area (Å²) in [5.74, 6) is 1.92. The molecule has 1 aliphatic carbocycles. The number of amides is 1. The number of carbonyl (C=O) groups excluding carboxylic acids is 1. The molecule has 1 unspecified atom stereocenters. The van der Waals surface area contributed by atoms with Crippen LogP contribution < -0.4 is 15.4 Å². The summed E-state index contributed by atoms with van der Waals surface area (Å²) < 4.78 is 7.32. The molecule has 38 heavy (non-hydrogen) atoms. The summed E-state index contributed by atoms with van der Waals surface area (Å²) in [6.45, 7) is 9.71. The number of nitrogens with zero attached hydrogens (tertiary/aromatic N) is 2. The fourth-order valence-electron chi connectivity index (χ4n) is 3.96. The minimum absolute atomic E-state index is 0.748. The molecule has 1 aliphatic rings. The van der Waals surface area contributed by atoms with Crippen molar-refractivity contribution in [3.8, 4) is 5.75 Å². The second kappa shape index (κ2) is 17.7. The van der Waals surface area contributed by atoms with Gasteiger partial charge in [0.25, 0.3) is 0 Å². The standard InChI is InChI=1S/C25H31N3O.C7H9OP/c1-4-6-15-22(5-2)24-25(23-16-11-7-8-12-17-23)28(21(3)27-24)19-14-10-9-13-18-26-20-29;1-8-6-4-2-3-5-7(6)9/h4-8,11,15-17,20H,2,9-10,13-14,18-19H2,1,3H3,(H,26,29);2-5H,9H2,1H3/b6-4-,22-15+;. The quantitative estimate of drug-likeness (QED) is 0.106. The van der Waals surface area contributed by atoms with Gasteiger partial charge in [-0.1, -0.05) is 80.2 Å². The average Bonchev–Trinajstić information content (AvgIpc) is 3.08. The Morgan fingerprint density at radius 3 is 2.68 bits per heavy atom. The summed E-state index contributed by atoms with van der Waals surface area (Å²) in [6.07, 6.45) is 23.0. The van der Waals surface area contributed by atoms with Crippen molar-refractivity contribution in [3.63, 3.8) is 0 Å². The predicted octanol–water partition coefficient (Wildman–Crippen LogP) is 6.50. The number of methoxy groups -OCH3 is 1. The van der Waals surface area contributed by atoms with E-state index < -0.39 is 0 Å². The van der Waals surface area contributed by atoms with E-state index in [2.05, 4.69) is 50.5 Å². The zero-order chi connectivity index (χ0) is 27.6. The molecule has 0 radical (unpaired) electrons. The number of imidazole rings is 1. The van der Waals surface area contributed by atoms with Crippen molar-refractivity contribution in [3.05, 3.63) is 108 Å². The highest BCUT2D eigenvalue weighted by Gasteiger charge is 2.18. The first kappa shape index (κ1) is 30.6. The van der Waals surface area contributed by atoms with Crippen molar-refractivity contribution in [1.29, 1.82) is 0 Å². The average molecular weight is 530 g/mol. The molecule has 1 N–H and O–H groups in total. The first-order valence-corrected chi connectivity index (χ1v) is 13.5.